The van der Waals surface area contributed by atoms with E-state index in [1.807, 2.05) is 0 Å². The average molecular weight is 462 g/mol. The van der Waals surface area contributed by atoms with E-state index in [9.17, 15) is 30.7 Å². The number of hydrogen-bond acceptors (Lipinski definition) is 2. The molecule has 2 aromatic rings. The maximum absolute atomic E-state index is 13.4. The molecule has 2 aromatic carbocycles. The highest BCUT2D eigenvalue weighted by Crippen LogP contribution is 2.41. The van der Waals surface area contributed by atoms with E-state index in [1.54, 1.807) is 6.08 Å². The fourth-order valence-electron chi connectivity index (χ4n) is 3.78. The fourth-order valence-corrected chi connectivity index (χ4v) is 3.78. The average Bonchev–Trinajstić information content (AvgIpc) is 2.72. The lowest BCUT2D eigenvalue weighted by Gasteiger charge is -2.38. The Morgan fingerprint density at radius 2 is 1.56 bits per heavy atom. The zero-order valence-corrected chi connectivity index (χ0v) is 17.0. The second-order valence-electron chi connectivity index (χ2n) is 7.62. The Balaban J connectivity index is 1.94. The van der Waals surface area contributed by atoms with Crippen molar-refractivity contribution in [2.45, 2.75) is 44.0 Å². The number of ether oxygens (including phenoxy) is 2. The molecule has 1 fully saturated rings. The van der Waals surface area contributed by atoms with E-state index in [2.05, 4.69) is 6.58 Å². The summed E-state index contributed by atoms with van der Waals surface area (Å²) >= 11 is 0. The van der Waals surface area contributed by atoms with Crippen molar-refractivity contribution in [3.05, 3.63) is 83.2 Å². The molecular formula is C23H21F7O2. The van der Waals surface area contributed by atoms with Gasteiger partial charge in [0.15, 0.2) is 6.29 Å². The van der Waals surface area contributed by atoms with Crippen molar-refractivity contribution in [3.8, 4) is 0 Å². The predicted molar refractivity (Wildman–Crippen MR) is 103 cm³/mol. The van der Waals surface area contributed by atoms with Crippen LogP contribution in [0.25, 0.3) is 0 Å². The number of alkyl halides is 6. The Labute approximate surface area is 180 Å². The summed E-state index contributed by atoms with van der Waals surface area (Å²) in [5.74, 6) is -1.05. The lowest BCUT2D eigenvalue weighted by atomic mass is 9.82. The van der Waals surface area contributed by atoms with Gasteiger partial charge in [-0.2, -0.15) is 26.3 Å². The number of hydrogen-bond donors (Lipinski definition) is 0. The highest BCUT2D eigenvalue weighted by atomic mass is 19.4. The number of halogens is 7. The lowest BCUT2D eigenvalue weighted by molar-refractivity contribution is -0.205. The summed E-state index contributed by atoms with van der Waals surface area (Å²) in [5, 5.41) is 0. The van der Waals surface area contributed by atoms with Crippen LogP contribution in [0.4, 0.5) is 30.7 Å². The van der Waals surface area contributed by atoms with Gasteiger partial charge in [0.2, 0.25) is 0 Å². The molecule has 0 bridgehead atoms. The molecule has 0 aromatic heterocycles. The second kappa shape index (κ2) is 9.23. The molecule has 0 N–H and O–H groups in total. The van der Waals surface area contributed by atoms with Crippen LogP contribution < -0.4 is 0 Å². The summed E-state index contributed by atoms with van der Waals surface area (Å²) in [7, 11) is 0. The van der Waals surface area contributed by atoms with Crippen LogP contribution in [0, 0.1) is 11.7 Å². The molecule has 32 heavy (non-hydrogen) atoms. The van der Waals surface area contributed by atoms with Gasteiger partial charge in [-0.25, -0.2) is 4.39 Å². The normalized spacial score (nSPS) is 23.1. The molecule has 4 atom stereocenters. The van der Waals surface area contributed by atoms with Crippen molar-refractivity contribution in [2.75, 3.05) is 6.61 Å². The molecule has 174 valence electrons. The molecule has 0 amide bonds. The van der Waals surface area contributed by atoms with Crippen molar-refractivity contribution < 1.29 is 40.2 Å². The second-order valence-corrected chi connectivity index (χ2v) is 7.62. The predicted octanol–water partition coefficient (Wildman–Crippen LogP) is 7.27. The maximum Gasteiger partial charge on any atom is 0.416 e. The molecule has 1 saturated heterocycles. The number of benzene rings is 2. The molecular weight excluding hydrogens is 441 g/mol. The van der Waals surface area contributed by atoms with Crippen LogP contribution in [0.5, 0.6) is 0 Å². The Kier molecular flexibility index (Phi) is 7.00. The zero-order chi connectivity index (χ0) is 23.7. The SMILES string of the molecule is C=C[C@@H]1CCO[C@H](OC(C)c2cc(C(F)(F)F)cc(C(F)(F)F)c2)[C@H]1c1ccc(F)cc1. The first-order valence-electron chi connectivity index (χ1n) is 9.84. The van der Waals surface area contributed by atoms with Gasteiger partial charge in [0.25, 0.3) is 0 Å². The van der Waals surface area contributed by atoms with Crippen molar-refractivity contribution in [3.63, 3.8) is 0 Å². The molecule has 3 rings (SSSR count). The molecule has 0 saturated carbocycles. The first kappa shape index (κ1) is 24.3. The highest BCUT2D eigenvalue weighted by molar-refractivity contribution is 5.35. The molecule has 1 aliphatic heterocycles. The van der Waals surface area contributed by atoms with E-state index in [4.69, 9.17) is 9.47 Å². The minimum absolute atomic E-state index is 0.0718. The van der Waals surface area contributed by atoms with Crippen LogP contribution in [0.15, 0.2) is 55.1 Å². The first-order valence-corrected chi connectivity index (χ1v) is 9.84. The lowest BCUT2D eigenvalue weighted by Crippen LogP contribution is -2.36. The molecule has 1 unspecified atom stereocenters. The third-order valence-electron chi connectivity index (χ3n) is 5.46. The van der Waals surface area contributed by atoms with E-state index in [-0.39, 0.29) is 24.2 Å². The Morgan fingerprint density at radius 1 is 1.00 bits per heavy atom. The van der Waals surface area contributed by atoms with Gasteiger partial charge in [0, 0.05) is 5.92 Å². The van der Waals surface area contributed by atoms with Gasteiger partial charge in [0.05, 0.1) is 23.8 Å². The topological polar surface area (TPSA) is 18.5 Å². The summed E-state index contributed by atoms with van der Waals surface area (Å²) < 4.78 is 104. The standard InChI is InChI=1S/C23H21F7O2/c1-3-14-8-9-31-21(20(14)15-4-6-19(24)7-5-15)32-13(2)16-10-17(22(25,26)27)12-18(11-16)23(28,29)30/h3-7,10-14,20-21H,1,8-9H2,2H3/t13?,14-,20-,21-/m1/s1. The van der Waals surface area contributed by atoms with Gasteiger partial charge in [0.1, 0.15) is 5.82 Å². The van der Waals surface area contributed by atoms with Gasteiger partial charge in [-0.1, -0.05) is 18.2 Å². The maximum atomic E-state index is 13.4. The minimum Gasteiger partial charge on any atom is -0.352 e. The summed E-state index contributed by atoms with van der Waals surface area (Å²) in [5.41, 5.74) is -2.45. The number of rotatable bonds is 5. The molecule has 0 aliphatic carbocycles. The van der Waals surface area contributed by atoms with E-state index in [0.29, 0.717) is 24.1 Å². The monoisotopic (exact) mass is 462 g/mol. The first-order chi connectivity index (χ1) is 14.9. The Hall–Kier alpha value is -2.39. The molecule has 1 heterocycles. The quantitative estimate of drug-likeness (QED) is 0.344. The van der Waals surface area contributed by atoms with Gasteiger partial charge >= 0.3 is 12.4 Å². The van der Waals surface area contributed by atoms with Crippen molar-refractivity contribution in [1.29, 1.82) is 0 Å². The van der Waals surface area contributed by atoms with Crippen LogP contribution in [-0.4, -0.2) is 12.9 Å². The third kappa shape index (κ3) is 5.50. The van der Waals surface area contributed by atoms with Crippen molar-refractivity contribution in [2.24, 2.45) is 5.92 Å². The largest absolute Gasteiger partial charge is 0.416 e. The third-order valence-corrected chi connectivity index (χ3v) is 5.46. The fraction of sp³-hybridized carbons (Fsp3) is 0.391. The summed E-state index contributed by atoms with van der Waals surface area (Å²) in [6.07, 6.45) is -9.76. The van der Waals surface area contributed by atoms with E-state index in [1.165, 1.54) is 31.2 Å². The van der Waals surface area contributed by atoms with Gasteiger partial charge in [-0.3, -0.25) is 0 Å². The van der Waals surface area contributed by atoms with Gasteiger partial charge < -0.3 is 9.47 Å². The molecule has 0 spiro atoms. The van der Waals surface area contributed by atoms with Crippen LogP contribution in [0.1, 0.15) is 47.6 Å². The highest BCUT2D eigenvalue weighted by Gasteiger charge is 2.39. The minimum atomic E-state index is -4.96. The van der Waals surface area contributed by atoms with E-state index in [0.717, 1.165) is 0 Å². The van der Waals surface area contributed by atoms with Crippen LogP contribution in [0.2, 0.25) is 0 Å². The zero-order valence-electron chi connectivity index (χ0n) is 17.0. The van der Waals surface area contributed by atoms with E-state index >= 15 is 0 Å². The summed E-state index contributed by atoms with van der Waals surface area (Å²) in [6, 6.07) is 6.94. The Bertz CT molecular complexity index is 903. The van der Waals surface area contributed by atoms with Crippen LogP contribution in [-0.2, 0) is 21.8 Å². The molecule has 1 aliphatic rings. The van der Waals surface area contributed by atoms with Crippen LogP contribution in [0.3, 0.4) is 0 Å². The van der Waals surface area contributed by atoms with Crippen LogP contribution >= 0.6 is 0 Å². The number of allylic oxidation sites excluding steroid dienone is 1. The van der Waals surface area contributed by atoms with E-state index < -0.39 is 47.6 Å². The molecule has 0 radical (unpaired) electrons. The molecule has 9 heteroatoms. The Morgan fingerprint density at radius 3 is 2.06 bits per heavy atom. The summed E-state index contributed by atoms with van der Waals surface area (Å²) in [4.78, 5) is 0. The summed E-state index contributed by atoms with van der Waals surface area (Å²) in [6.45, 7) is 5.42. The van der Waals surface area contributed by atoms with Gasteiger partial charge in [-0.05, 0) is 60.7 Å². The van der Waals surface area contributed by atoms with Crippen molar-refractivity contribution >= 4 is 0 Å². The van der Waals surface area contributed by atoms with Crippen molar-refractivity contribution in [1.82, 2.24) is 0 Å². The van der Waals surface area contributed by atoms with Gasteiger partial charge in [-0.15, -0.1) is 6.58 Å². The smallest absolute Gasteiger partial charge is 0.352 e. The molecule has 2 nitrogen and oxygen atoms in total.